The van der Waals surface area contributed by atoms with Gasteiger partial charge in [0.15, 0.2) is 0 Å². The first kappa shape index (κ1) is 13.8. The van der Waals surface area contributed by atoms with Crippen molar-refractivity contribution in [1.82, 2.24) is 0 Å². The van der Waals surface area contributed by atoms with Gasteiger partial charge in [-0.05, 0) is 50.3 Å². The Morgan fingerprint density at radius 1 is 1.35 bits per heavy atom. The monoisotopic (exact) mass is 233 g/mol. The highest BCUT2D eigenvalue weighted by atomic mass is 16.5. The van der Waals surface area contributed by atoms with Crippen LogP contribution < -0.4 is 10.5 Å². The first-order valence-electron chi connectivity index (χ1n) is 6.33. The summed E-state index contributed by atoms with van der Waals surface area (Å²) in [7, 11) is 0. The Kier molecular flexibility index (Phi) is 6.41. The molecule has 1 aromatic rings. The molecule has 0 aliphatic carbocycles. The zero-order chi connectivity index (χ0) is 12.5. The third kappa shape index (κ3) is 5.55. The zero-order valence-electron chi connectivity index (χ0n) is 10.7. The van der Waals surface area contributed by atoms with Gasteiger partial charge in [0.2, 0.25) is 0 Å². The molecule has 0 aliphatic heterocycles. The first-order chi connectivity index (χ1) is 8.24. The Balaban J connectivity index is 2.26. The Morgan fingerprint density at radius 3 is 2.88 bits per heavy atom. The topological polar surface area (TPSA) is 35.2 Å². The van der Waals surface area contributed by atoms with Gasteiger partial charge in [-0.3, -0.25) is 0 Å². The molecule has 0 saturated carbocycles. The number of nitrogens with two attached hydrogens (primary N) is 1. The van der Waals surface area contributed by atoms with Gasteiger partial charge in [0, 0.05) is 6.04 Å². The number of hydrogen-bond donors (Lipinski definition) is 1. The van der Waals surface area contributed by atoms with Crippen LogP contribution in [0.25, 0.3) is 0 Å². The quantitative estimate of drug-likeness (QED) is 0.547. The minimum absolute atomic E-state index is 0.0612. The molecular weight excluding hydrogens is 210 g/mol. The molecule has 0 aliphatic rings. The maximum absolute atomic E-state index is 5.83. The highest BCUT2D eigenvalue weighted by molar-refractivity contribution is 5.30. The molecule has 94 valence electrons. The normalized spacial score (nSPS) is 12.1. The highest BCUT2D eigenvalue weighted by Crippen LogP contribution is 2.17. The second-order valence-corrected chi connectivity index (χ2v) is 4.35. The fraction of sp³-hybridized carbons (Fsp3) is 0.467. The van der Waals surface area contributed by atoms with Gasteiger partial charge in [0.25, 0.3) is 0 Å². The SMILES string of the molecule is C=CCCCCCOc1cccc(C(C)N)c1. The van der Waals surface area contributed by atoms with E-state index < -0.39 is 0 Å². The van der Waals surface area contributed by atoms with Gasteiger partial charge in [0.1, 0.15) is 5.75 Å². The lowest BCUT2D eigenvalue weighted by Crippen LogP contribution is -2.05. The third-order valence-corrected chi connectivity index (χ3v) is 2.71. The van der Waals surface area contributed by atoms with Gasteiger partial charge >= 0.3 is 0 Å². The van der Waals surface area contributed by atoms with Crippen molar-refractivity contribution in [2.75, 3.05) is 6.61 Å². The van der Waals surface area contributed by atoms with Crippen LogP contribution in [0.15, 0.2) is 36.9 Å². The molecule has 0 saturated heterocycles. The van der Waals surface area contributed by atoms with Gasteiger partial charge in [-0.25, -0.2) is 0 Å². The van der Waals surface area contributed by atoms with Crippen LogP contribution >= 0.6 is 0 Å². The molecule has 0 amide bonds. The summed E-state index contributed by atoms with van der Waals surface area (Å²) in [5.74, 6) is 0.920. The van der Waals surface area contributed by atoms with Crippen LogP contribution in [-0.2, 0) is 0 Å². The van der Waals surface area contributed by atoms with Crippen LogP contribution in [0, 0.1) is 0 Å². The molecule has 0 aromatic heterocycles. The van der Waals surface area contributed by atoms with Crippen molar-refractivity contribution in [3.05, 3.63) is 42.5 Å². The summed E-state index contributed by atoms with van der Waals surface area (Å²) in [4.78, 5) is 0. The van der Waals surface area contributed by atoms with Crippen molar-refractivity contribution in [3.63, 3.8) is 0 Å². The molecule has 2 N–H and O–H groups in total. The molecule has 0 spiro atoms. The van der Waals surface area contributed by atoms with Crippen molar-refractivity contribution < 1.29 is 4.74 Å². The van der Waals surface area contributed by atoms with E-state index in [9.17, 15) is 0 Å². The molecule has 2 nitrogen and oxygen atoms in total. The van der Waals surface area contributed by atoms with E-state index in [1.165, 1.54) is 12.8 Å². The van der Waals surface area contributed by atoms with Gasteiger partial charge in [-0.15, -0.1) is 6.58 Å². The second-order valence-electron chi connectivity index (χ2n) is 4.35. The van der Waals surface area contributed by atoms with E-state index in [4.69, 9.17) is 10.5 Å². The van der Waals surface area contributed by atoms with E-state index in [1.807, 2.05) is 37.3 Å². The molecule has 0 bridgehead atoms. The molecule has 0 radical (unpaired) electrons. The van der Waals surface area contributed by atoms with Crippen molar-refractivity contribution in [2.45, 2.75) is 38.6 Å². The molecule has 2 heteroatoms. The summed E-state index contributed by atoms with van der Waals surface area (Å²) in [5.41, 5.74) is 6.95. The molecule has 1 atom stereocenters. The largest absolute Gasteiger partial charge is 0.494 e. The highest BCUT2D eigenvalue weighted by Gasteiger charge is 2.00. The summed E-state index contributed by atoms with van der Waals surface area (Å²) in [5, 5.41) is 0. The smallest absolute Gasteiger partial charge is 0.119 e. The average Bonchev–Trinajstić information content (AvgIpc) is 2.34. The molecule has 0 heterocycles. The van der Waals surface area contributed by atoms with E-state index in [0.29, 0.717) is 0 Å². The van der Waals surface area contributed by atoms with Crippen LogP contribution in [0.5, 0.6) is 5.75 Å². The van der Waals surface area contributed by atoms with E-state index in [0.717, 1.165) is 30.8 Å². The van der Waals surface area contributed by atoms with Crippen LogP contribution in [-0.4, -0.2) is 6.61 Å². The van der Waals surface area contributed by atoms with E-state index in [2.05, 4.69) is 6.58 Å². The van der Waals surface area contributed by atoms with Crippen LogP contribution in [0.4, 0.5) is 0 Å². The Labute approximate surface area is 104 Å². The Hall–Kier alpha value is -1.28. The molecule has 1 aromatic carbocycles. The van der Waals surface area contributed by atoms with Crippen molar-refractivity contribution >= 4 is 0 Å². The van der Waals surface area contributed by atoms with Crippen LogP contribution in [0.3, 0.4) is 0 Å². The Bertz CT molecular complexity index is 333. The summed E-state index contributed by atoms with van der Waals surface area (Å²) >= 11 is 0. The molecular formula is C15H23NO. The number of rotatable bonds is 8. The van der Waals surface area contributed by atoms with Gasteiger partial charge in [0.05, 0.1) is 6.61 Å². The third-order valence-electron chi connectivity index (χ3n) is 2.71. The summed E-state index contributed by atoms with van der Waals surface area (Å²) in [6.07, 6.45) is 6.55. The van der Waals surface area contributed by atoms with Crippen molar-refractivity contribution in [3.8, 4) is 5.75 Å². The fourth-order valence-corrected chi connectivity index (χ4v) is 1.65. The Morgan fingerprint density at radius 2 is 2.18 bits per heavy atom. The maximum Gasteiger partial charge on any atom is 0.119 e. The summed E-state index contributed by atoms with van der Waals surface area (Å²) in [6.45, 7) is 6.47. The first-order valence-corrected chi connectivity index (χ1v) is 6.33. The van der Waals surface area contributed by atoms with Crippen LogP contribution in [0.1, 0.15) is 44.2 Å². The lowest BCUT2D eigenvalue weighted by Gasteiger charge is -2.09. The number of ether oxygens (including phenoxy) is 1. The molecule has 1 unspecified atom stereocenters. The number of hydrogen-bond acceptors (Lipinski definition) is 2. The lowest BCUT2D eigenvalue weighted by atomic mass is 10.1. The van der Waals surface area contributed by atoms with Crippen molar-refractivity contribution in [2.24, 2.45) is 5.73 Å². The predicted molar refractivity (Wildman–Crippen MR) is 73.2 cm³/mol. The van der Waals surface area contributed by atoms with Gasteiger partial charge in [-0.2, -0.15) is 0 Å². The van der Waals surface area contributed by atoms with E-state index >= 15 is 0 Å². The average molecular weight is 233 g/mol. The predicted octanol–water partition coefficient (Wildman–Crippen LogP) is 3.83. The maximum atomic E-state index is 5.83. The molecule has 0 fully saturated rings. The fourth-order valence-electron chi connectivity index (χ4n) is 1.65. The zero-order valence-corrected chi connectivity index (χ0v) is 10.7. The standard InChI is InChI=1S/C15H23NO/c1-3-4-5-6-7-11-17-15-10-8-9-14(12-15)13(2)16/h3,8-10,12-13H,1,4-7,11,16H2,2H3. The van der Waals surface area contributed by atoms with E-state index in [-0.39, 0.29) is 6.04 Å². The number of allylic oxidation sites excluding steroid dienone is 1. The van der Waals surface area contributed by atoms with Gasteiger partial charge < -0.3 is 10.5 Å². The lowest BCUT2D eigenvalue weighted by molar-refractivity contribution is 0.305. The van der Waals surface area contributed by atoms with Crippen molar-refractivity contribution in [1.29, 1.82) is 0 Å². The molecule has 1 rings (SSSR count). The minimum atomic E-state index is 0.0612. The summed E-state index contributed by atoms with van der Waals surface area (Å²) < 4.78 is 5.70. The second kappa shape index (κ2) is 7.91. The van der Waals surface area contributed by atoms with Crippen LogP contribution in [0.2, 0.25) is 0 Å². The summed E-state index contributed by atoms with van der Waals surface area (Å²) in [6, 6.07) is 8.09. The van der Waals surface area contributed by atoms with E-state index in [1.54, 1.807) is 0 Å². The number of unbranched alkanes of at least 4 members (excludes halogenated alkanes) is 3. The number of benzene rings is 1. The minimum Gasteiger partial charge on any atom is -0.494 e. The molecule has 17 heavy (non-hydrogen) atoms. The van der Waals surface area contributed by atoms with Gasteiger partial charge in [-0.1, -0.05) is 18.2 Å².